The molecule has 3 aromatic carbocycles. The van der Waals surface area contributed by atoms with Gasteiger partial charge in [-0.15, -0.1) is 0 Å². The van der Waals surface area contributed by atoms with E-state index in [0.29, 0.717) is 12.2 Å². The molecule has 0 radical (unpaired) electrons. The predicted octanol–water partition coefficient (Wildman–Crippen LogP) is 5.17. The first kappa shape index (κ1) is 21.2. The molecule has 1 N–H and O–H groups in total. The molecule has 0 saturated carbocycles. The van der Waals surface area contributed by atoms with Gasteiger partial charge in [-0.2, -0.15) is 0 Å². The monoisotopic (exact) mass is 426 g/mol. The molecule has 1 aromatic heterocycles. The molecule has 5 nitrogen and oxygen atoms in total. The largest absolute Gasteiger partial charge is 0.481 e. The summed E-state index contributed by atoms with van der Waals surface area (Å²) in [7, 11) is 1.39. The van der Waals surface area contributed by atoms with Gasteiger partial charge in [0.2, 0.25) is 0 Å². The Morgan fingerprint density at radius 3 is 2.56 bits per heavy atom. The minimum atomic E-state index is -0.974. The van der Waals surface area contributed by atoms with Crippen molar-refractivity contribution >= 4 is 16.9 Å². The Bertz CT molecular complexity index is 1260. The highest BCUT2D eigenvalue weighted by atomic mass is 16.5. The van der Waals surface area contributed by atoms with Crippen LogP contribution in [0.1, 0.15) is 11.1 Å². The van der Waals surface area contributed by atoms with Crippen molar-refractivity contribution in [2.24, 2.45) is 0 Å². The summed E-state index contributed by atoms with van der Waals surface area (Å²) in [5.74, 6) is 5.76. The molecule has 4 aromatic rings. The highest BCUT2D eigenvalue weighted by molar-refractivity contribution is 5.94. The molecular weight excluding hydrogens is 404 g/mol. The highest BCUT2D eigenvalue weighted by Crippen LogP contribution is 2.32. The van der Waals surface area contributed by atoms with Crippen LogP contribution in [-0.4, -0.2) is 30.9 Å². The quantitative estimate of drug-likeness (QED) is 0.413. The maximum Gasteiger partial charge on any atom is 0.333 e. The average molecular weight is 426 g/mol. The Morgan fingerprint density at radius 1 is 1.06 bits per heavy atom. The fraction of sp³-hybridized carbons (Fsp3) is 0.148. The van der Waals surface area contributed by atoms with Crippen molar-refractivity contribution in [1.29, 1.82) is 0 Å². The lowest BCUT2D eigenvalue weighted by Crippen LogP contribution is -2.24. The van der Waals surface area contributed by atoms with Gasteiger partial charge >= 0.3 is 5.97 Å². The number of carbonyl (C=O) groups is 1. The third-order valence-corrected chi connectivity index (χ3v) is 5.11. The van der Waals surface area contributed by atoms with E-state index in [1.165, 1.54) is 7.11 Å². The van der Waals surface area contributed by atoms with Gasteiger partial charge in [0.1, 0.15) is 17.9 Å². The van der Waals surface area contributed by atoms with Crippen molar-refractivity contribution in [3.05, 3.63) is 90.2 Å². The Labute approximate surface area is 186 Å². The molecule has 160 valence electrons. The van der Waals surface area contributed by atoms with Crippen LogP contribution in [0.3, 0.4) is 0 Å². The van der Waals surface area contributed by atoms with Crippen LogP contribution in [0, 0.1) is 11.8 Å². The fourth-order valence-corrected chi connectivity index (χ4v) is 3.41. The molecule has 0 aliphatic rings. The number of methoxy groups -OCH3 is 1. The van der Waals surface area contributed by atoms with E-state index in [1.54, 1.807) is 6.26 Å². The van der Waals surface area contributed by atoms with Crippen molar-refractivity contribution < 1.29 is 23.8 Å². The minimum absolute atomic E-state index is 0.240. The van der Waals surface area contributed by atoms with E-state index < -0.39 is 12.1 Å². The van der Waals surface area contributed by atoms with Crippen molar-refractivity contribution in [1.82, 2.24) is 0 Å². The number of benzene rings is 3. The Kier molecular flexibility index (Phi) is 6.54. The number of carboxylic acids is 1. The van der Waals surface area contributed by atoms with E-state index in [0.717, 1.165) is 33.2 Å². The summed E-state index contributed by atoms with van der Waals surface area (Å²) >= 11 is 0. The lowest BCUT2D eigenvalue weighted by Gasteiger charge is -2.10. The highest BCUT2D eigenvalue weighted by Gasteiger charge is 2.16. The second-order valence-corrected chi connectivity index (χ2v) is 7.23. The van der Waals surface area contributed by atoms with E-state index in [-0.39, 0.29) is 6.61 Å². The number of hydrogen-bond donors (Lipinski definition) is 1. The number of furan rings is 1. The van der Waals surface area contributed by atoms with Crippen molar-refractivity contribution in [3.8, 4) is 28.7 Å². The van der Waals surface area contributed by atoms with Gasteiger partial charge in [0.05, 0.1) is 6.26 Å². The smallest absolute Gasteiger partial charge is 0.333 e. The number of rotatable bonds is 7. The zero-order valence-corrected chi connectivity index (χ0v) is 17.6. The van der Waals surface area contributed by atoms with E-state index in [9.17, 15) is 4.79 Å². The SMILES string of the molecule is COC(Cc1ccc(C#CCOc2ccc3c(-c4ccccc4)coc3c2)cc1)C(=O)O. The first-order valence-corrected chi connectivity index (χ1v) is 10.2. The minimum Gasteiger partial charge on any atom is -0.481 e. The van der Waals surface area contributed by atoms with Crippen LogP contribution in [-0.2, 0) is 16.0 Å². The number of hydrogen-bond acceptors (Lipinski definition) is 4. The van der Waals surface area contributed by atoms with E-state index in [1.807, 2.05) is 60.7 Å². The molecule has 0 fully saturated rings. The molecule has 0 spiro atoms. The zero-order chi connectivity index (χ0) is 22.3. The molecule has 0 aliphatic carbocycles. The first-order valence-electron chi connectivity index (χ1n) is 10.2. The molecule has 0 bridgehead atoms. The number of ether oxygens (including phenoxy) is 2. The summed E-state index contributed by atoms with van der Waals surface area (Å²) in [6.07, 6.45) is 1.22. The summed E-state index contributed by atoms with van der Waals surface area (Å²) in [6.45, 7) is 0.240. The molecule has 0 aliphatic heterocycles. The summed E-state index contributed by atoms with van der Waals surface area (Å²) in [6, 6.07) is 23.3. The third-order valence-electron chi connectivity index (χ3n) is 5.11. The molecular formula is C27H22O5. The van der Waals surface area contributed by atoms with Gasteiger partial charge in [0.25, 0.3) is 0 Å². The van der Waals surface area contributed by atoms with E-state index >= 15 is 0 Å². The lowest BCUT2D eigenvalue weighted by molar-refractivity contribution is -0.148. The second-order valence-electron chi connectivity index (χ2n) is 7.23. The molecule has 0 amide bonds. The molecule has 32 heavy (non-hydrogen) atoms. The molecule has 4 rings (SSSR count). The fourth-order valence-electron chi connectivity index (χ4n) is 3.41. The van der Waals surface area contributed by atoms with Crippen LogP contribution >= 0.6 is 0 Å². The summed E-state index contributed by atoms with van der Waals surface area (Å²) in [5.41, 5.74) is 4.63. The normalized spacial score (nSPS) is 11.5. The van der Waals surface area contributed by atoms with Gasteiger partial charge in [-0.3, -0.25) is 0 Å². The first-order chi connectivity index (χ1) is 15.6. The topological polar surface area (TPSA) is 68.9 Å². The van der Waals surface area contributed by atoms with Crippen molar-refractivity contribution in [2.45, 2.75) is 12.5 Å². The van der Waals surface area contributed by atoms with Crippen molar-refractivity contribution in [2.75, 3.05) is 13.7 Å². The maximum absolute atomic E-state index is 11.1. The van der Waals surface area contributed by atoms with Crippen LogP contribution < -0.4 is 4.74 Å². The van der Waals surface area contributed by atoms with Gasteiger partial charge < -0.3 is 19.0 Å². The standard InChI is InChI=1S/C27H22O5/c1-30-26(27(28)29)16-20-11-9-19(10-12-20)6-5-15-31-22-13-14-23-24(18-32-25(23)17-22)21-7-3-2-4-8-21/h2-4,7-14,17-18,26H,15-16H2,1H3,(H,28,29). The Balaban J connectivity index is 1.36. The zero-order valence-electron chi connectivity index (χ0n) is 17.6. The van der Waals surface area contributed by atoms with Crippen LogP contribution in [0.15, 0.2) is 83.5 Å². The van der Waals surface area contributed by atoms with Gasteiger partial charge in [-0.1, -0.05) is 54.3 Å². The Morgan fingerprint density at radius 2 is 1.84 bits per heavy atom. The van der Waals surface area contributed by atoms with Crippen LogP contribution in [0.25, 0.3) is 22.1 Å². The number of fused-ring (bicyclic) bond motifs is 1. The van der Waals surface area contributed by atoms with Gasteiger partial charge in [0.15, 0.2) is 6.10 Å². The Hall–Kier alpha value is -4.01. The average Bonchev–Trinajstić information content (AvgIpc) is 3.25. The molecule has 1 unspecified atom stereocenters. The lowest BCUT2D eigenvalue weighted by atomic mass is 10.1. The van der Waals surface area contributed by atoms with Gasteiger partial charge in [-0.05, 0) is 35.4 Å². The molecule has 1 atom stereocenters. The van der Waals surface area contributed by atoms with Crippen LogP contribution in [0.4, 0.5) is 0 Å². The maximum atomic E-state index is 11.1. The van der Waals surface area contributed by atoms with Crippen LogP contribution in [0.2, 0.25) is 0 Å². The predicted molar refractivity (Wildman–Crippen MR) is 123 cm³/mol. The molecule has 1 heterocycles. The summed E-state index contributed by atoms with van der Waals surface area (Å²) in [5, 5.41) is 10.1. The molecule has 5 heteroatoms. The van der Waals surface area contributed by atoms with Gasteiger partial charge in [-0.25, -0.2) is 4.79 Å². The third kappa shape index (κ3) is 5.00. The van der Waals surface area contributed by atoms with E-state index in [2.05, 4.69) is 24.0 Å². The summed E-state index contributed by atoms with van der Waals surface area (Å²) in [4.78, 5) is 11.1. The summed E-state index contributed by atoms with van der Waals surface area (Å²) < 4.78 is 16.4. The number of carboxylic acid groups (broad SMARTS) is 1. The van der Waals surface area contributed by atoms with Gasteiger partial charge in [0, 0.05) is 36.1 Å². The number of aliphatic carboxylic acids is 1. The van der Waals surface area contributed by atoms with E-state index in [4.69, 9.17) is 19.0 Å². The second kappa shape index (κ2) is 9.86. The molecule has 0 saturated heterocycles. The van der Waals surface area contributed by atoms with Crippen molar-refractivity contribution in [3.63, 3.8) is 0 Å². The van der Waals surface area contributed by atoms with Crippen LogP contribution in [0.5, 0.6) is 5.75 Å².